The van der Waals surface area contributed by atoms with Crippen LogP contribution < -0.4 is 24.8 Å². The van der Waals surface area contributed by atoms with Crippen molar-refractivity contribution in [3.05, 3.63) is 66.0 Å². The number of aryl methyl sites for hydroxylation is 1. The van der Waals surface area contributed by atoms with E-state index < -0.39 is 0 Å². The highest BCUT2D eigenvalue weighted by molar-refractivity contribution is 6.03. The van der Waals surface area contributed by atoms with E-state index in [0.29, 0.717) is 22.9 Å². The first kappa shape index (κ1) is 20.0. The first-order valence-electron chi connectivity index (χ1n) is 8.95. The van der Waals surface area contributed by atoms with Gasteiger partial charge in [0.15, 0.2) is 11.5 Å². The second kappa shape index (κ2) is 8.97. The zero-order valence-electron chi connectivity index (χ0n) is 16.8. The van der Waals surface area contributed by atoms with Crippen LogP contribution in [-0.4, -0.2) is 32.2 Å². The Morgan fingerprint density at radius 1 is 0.862 bits per heavy atom. The minimum Gasteiger partial charge on any atom is -0.493 e. The Labute approximate surface area is 169 Å². The molecule has 0 bridgehead atoms. The smallest absolute Gasteiger partial charge is 0.274 e. The fourth-order valence-electron chi connectivity index (χ4n) is 2.87. The number of amides is 1. The van der Waals surface area contributed by atoms with Crippen LogP contribution in [0.4, 0.5) is 17.1 Å². The van der Waals surface area contributed by atoms with E-state index in [1.54, 1.807) is 30.5 Å². The normalized spacial score (nSPS) is 10.2. The quantitative estimate of drug-likeness (QED) is 0.619. The van der Waals surface area contributed by atoms with Gasteiger partial charge in [0.1, 0.15) is 5.69 Å². The summed E-state index contributed by atoms with van der Waals surface area (Å²) in [5.41, 5.74) is 3.62. The summed E-state index contributed by atoms with van der Waals surface area (Å²) in [4.78, 5) is 16.9. The van der Waals surface area contributed by atoms with E-state index in [0.717, 1.165) is 16.9 Å². The van der Waals surface area contributed by atoms with Crippen LogP contribution in [-0.2, 0) is 0 Å². The molecule has 1 aromatic heterocycles. The molecule has 0 saturated carbocycles. The van der Waals surface area contributed by atoms with Crippen molar-refractivity contribution in [1.29, 1.82) is 0 Å². The highest BCUT2D eigenvalue weighted by Gasteiger charge is 2.16. The topological polar surface area (TPSA) is 81.7 Å². The molecule has 0 fully saturated rings. The first-order chi connectivity index (χ1) is 14.0. The minimum atomic E-state index is -0.354. The van der Waals surface area contributed by atoms with Crippen molar-refractivity contribution in [1.82, 2.24) is 4.98 Å². The third kappa shape index (κ3) is 4.76. The lowest BCUT2D eigenvalue weighted by Crippen LogP contribution is -2.14. The predicted octanol–water partition coefficient (Wildman–Crippen LogP) is 4.41. The van der Waals surface area contributed by atoms with E-state index in [9.17, 15) is 4.79 Å². The molecule has 0 radical (unpaired) electrons. The van der Waals surface area contributed by atoms with Crippen LogP contribution in [0.1, 0.15) is 16.1 Å². The maximum Gasteiger partial charge on any atom is 0.274 e. The van der Waals surface area contributed by atoms with Crippen LogP contribution in [0.5, 0.6) is 17.2 Å². The van der Waals surface area contributed by atoms with E-state index in [-0.39, 0.29) is 11.6 Å². The number of anilines is 3. The Balaban J connectivity index is 1.81. The highest BCUT2D eigenvalue weighted by atomic mass is 16.5. The number of nitrogens with one attached hydrogen (secondary N) is 2. The van der Waals surface area contributed by atoms with Crippen molar-refractivity contribution in [3.8, 4) is 17.2 Å². The lowest BCUT2D eigenvalue weighted by Gasteiger charge is -2.14. The van der Waals surface area contributed by atoms with E-state index >= 15 is 0 Å². The third-order valence-corrected chi connectivity index (χ3v) is 4.22. The number of carbonyl (C=O) groups is 1. The number of carbonyl (C=O) groups excluding carboxylic acids is 1. The van der Waals surface area contributed by atoms with Gasteiger partial charge in [-0.3, -0.25) is 9.78 Å². The van der Waals surface area contributed by atoms with Crippen molar-refractivity contribution in [3.63, 3.8) is 0 Å². The van der Waals surface area contributed by atoms with E-state index in [4.69, 9.17) is 14.2 Å². The summed E-state index contributed by atoms with van der Waals surface area (Å²) in [6, 6.07) is 14.8. The maximum atomic E-state index is 12.7. The Kier molecular flexibility index (Phi) is 6.19. The number of hydrogen-bond acceptors (Lipinski definition) is 6. The molecule has 0 atom stereocenters. The average molecular weight is 393 g/mol. The maximum absolute atomic E-state index is 12.7. The molecule has 2 aromatic carbocycles. The number of rotatable bonds is 7. The largest absolute Gasteiger partial charge is 0.493 e. The lowest BCUT2D eigenvalue weighted by molar-refractivity contribution is 0.102. The van der Waals surface area contributed by atoms with Gasteiger partial charge in [-0.1, -0.05) is 12.1 Å². The van der Waals surface area contributed by atoms with E-state index in [1.807, 2.05) is 31.2 Å². The van der Waals surface area contributed by atoms with Crippen LogP contribution in [0.25, 0.3) is 0 Å². The van der Waals surface area contributed by atoms with E-state index in [2.05, 4.69) is 15.6 Å². The minimum absolute atomic E-state index is 0.274. The molecule has 0 spiro atoms. The van der Waals surface area contributed by atoms with E-state index in [1.165, 1.54) is 21.3 Å². The van der Waals surface area contributed by atoms with Crippen molar-refractivity contribution >= 4 is 23.0 Å². The molecule has 0 aliphatic heterocycles. The van der Waals surface area contributed by atoms with Gasteiger partial charge >= 0.3 is 0 Å². The third-order valence-electron chi connectivity index (χ3n) is 4.22. The van der Waals surface area contributed by atoms with Gasteiger partial charge in [-0.25, -0.2) is 0 Å². The van der Waals surface area contributed by atoms with Crippen LogP contribution in [0, 0.1) is 6.92 Å². The van der Waals surface area contributed by atoms with Crippen molar-refractivity contribution in [2.24, 2.45) is 0 Å². The molecule has 0 aliphatic carbocycles. The summed E-state index contributed by atoms with van der Waals surface area (Å²) in [6.45, 7) is 2.02. The number of pyridine rings is 1. The summed E-state index contributed by atoms with van der Waals surface area (Å²) in [7, 11) is 4.56. The molecule has 0 aliphatic rings. The Morgan fingerprint density at radius 3 is 2.17 bits per heavy atom. The van der Waals surface area contributed by atoms with Crippen LogP contribution in [0.3, 0.4) is 0 Å². The van der Waals surface area contributed by atoms with Crippen molar-refractivity contribution in [2.45, 2.75) is 6.92 Å². The molecule has 7 nitrogen and oxygen atoms in total. The summed E-state index contributed by atoms with van der Waals surface area (Å²) < 4.78 is 15.9. The van der Waals surface area contributed by atoms with Crippen LogP contribution >= 0.6 is 0 Å². The summed E-state index contributed by atoms with van der Waals surface area (Å²) in [6.07, 6.45) is 1.59. The summed E-state index contributed by atoms with van der Waals surface area (Å²) in [5, 5.41) is 6.09. The first-order valence-corrected chi connectivity index (χ1v) is 8.95. The van der Waals surface area contributed by atoms with Crippen LogP contribution in [0.2, 0.25) is 0 Å². The van der Waals surface area contributed by atoms with Gasteiger partial charge < -0.3 is 24.8 Å². The van der Waals surface area contributed by atoms with Gasteiger partial charge in [0, 0.05) is 35.4 Å². The number of ether oxygens (including phenoxy) is 3. The fourth-order valence-corrected chi connectivity index (χ4v) is 2.87. The molecule has 3 rings (SSSR count). The molecular formula is C22H23N3O4. The number of aromatic nitrogens is 1. The van der Waals surface area contributed by atoms with Gasteiger partial charge in [0.2, 0.25) is 5.75 Å². The number of benzene rings is 2. The van der Waals surface area contributed by atoms with Crippen molar-refractivity contribution < 1.29 is 19.0 Å². The highest BCUT2D eigenvalue weighted by Crippen LogP contribution is 2.40. The zero-order valence-corrected chi connectivity index (χ0v) is 16.8. The molecule has 150 valence electrons. The number of methoxy groups -OCH3 is 3. The molecule has 7 heteroatoms. The van der Waals surface area contributed by atoms with Crippen LogP contribution in [0.15, 0.2) is 54.7 Å². The Morgan fingerprint density at radius 2 is 1.55 bits per heavy atom. The summed E-state index contributed by atoms with van der Waals surface area (Å²) >= 11 is 0. The number of nitrogens with zero attached hydrogens (tertiary/aromatic N) is 1. The molecular weight excluding hydrogens is 370 g/mol. The standard InChI is InChI=1S/C22H23N3O4/c1-14-6-5-7-15(10-14)24-16-8-9-23-18(11-16)22(26)25-17-12-19(27-2)21(29-4)20(13-17)28-3/h5-13H,1-4H3,(H,23,24)(H,25,26). The second-order valence-corrected chi connectivity index (χ2v) is 6.29. The van der Waals surface area contributed by atoms with Gasteiger partial charge in [-0.15, -0.1) is 0 Å². The van der Waals surface area contributed by atoms with Crippen molar-refractivity contribution in [2.75, 3.05) is 32.0 Å². The predicted molar refractivity (Wildman–Crippen MR) is 113 cm³/mol. The molecule has 0 saturated heterocycles. The molecule has 29 heavy (non-hydrogen) atoms. The molecule has 0 unspecified atom stereocenters. The SMILES string of the molecule is COc1cc(NC(=O)c2cc(Nc3cccc(C)c3)ccn2)cc(OC)c1OC. The number of hydrogen-bond donors (Lipinski definition) is 2. The Hall–Kier alpha value is -3.74. The molecule has 1 amide bonds. The molecule has 1 heterocycles. The lowest BCUT2D eigenvalue weighted by atomic mass is 10.2. The Bertz CT molecular complexity index is 995. The van der Waals surface area contributed by atoms with Gasteiger partial charge in [0.25, 0.3) is 5.91 Å². The van der Waals surface area contributed by atoms with Gasteiger partial charge in [-0.05, 0) is 36.8 Å². The molecule has 2 N–H and O–H groups in total. The average Bonchev–Trinajstić information content (AvgIpc) is 2.73. The van der Waals surface area contributed by atoms with Gasteiger partial charge in [-0.2, -0.15) is 0 Å². The second-order valence-electron chi connectivity index (χ2n) is 6.29. The summed E-state index contributed by atoms with van der Waals surface area (Å²) in [5.74, 6) is 0.998. The fraction of sp³-hybridized carbons (Fsp3) is 0.182. The molecule has 3 aromatic rings. The monoisotopic (exact) mass is 393 g/mol. The van der Waals surface area contributed by atoms with Gasteiger partial charge in [0.05, 0.1) is 21.3 Å². The zero-order chi connectivity index (χ0) is 20.8.